The van der Waals surface area contributed by atoms with Crippen LogP contribution in [0.15, 0.2) is 9.63 Å². The van der Waals surface area contributed by atoms with Crippen molar-refractivity contribution in [2.75, 3.05) is 31.5 Å². The highest BCUT2D eigenvalue weighted by atomic mass is 79.9. The van der Waals surface area contributed by atoms with Gasteiger partial charge in [-0.15, -0.1) is 0 Å². The molecular weight excluding hydrogens is 453 g/mol. The lowest BCUT2D eigenvalue weighted by Crippen LogP contribution is -2.60. The van der Waals surface area contributed by atoms with E-state index in [4.69, 9.17) is 21.1 Å². The van der Waals surface area contributed by atoms with Gasteiger partial charge in [-0.2, -0.15) is 0 Å². The zero-order chi connectivity index (χ0) is 18.8. The van der Waals surface area contributed by atoms with Crippen molar-refractivity contribution in [2.24, 2.45) is 0 Å². The molecule has 1 fully saturated rings. The minimum absolute atomic E-state index is 0.0180. The van der Waals surface area contributed by atoms with Gasteiger partial charge < -0.3 is 14.4 Å². The van der Waals surface area contributed by atoms with Gasteiger partial charge in [-0.3, -0.25) is 0 Å². The minimum atomic E-state index is -3.75. The van der Waals surface area contributed by atoms with E-state index in [2.05, 4.69) is 25.9 Å². The Labute approximate surface area is 162 Å². The maximum atomic E-state index is 14.9. The van der Waals surface area contributed by atoms with Crippen molar-refractivity contribution >= 4 is 54.1 Å². The first-order valence-electron chi connectivity index (χ1n) is 7.72. The number of hydrogen-bond acceptors (Lipinski definition) is 7. The SMILES string of the molecule is COCC1CC2COc3c(Cl)c(Br)c(F)c4nc(S(C)(=O)=O)nc(c34)N12. The average molecular weight is 467 g/mol. The maximum absolute atomic E-state index is 14.9. The fourth-order valence-corrected chi connectivity index (χ4v) is 4.52. The van der Waals surface area contributed by atoms with Crippen LogP contribution in [0.25, 0.3) is 10.9 Å². The number of sulfone groups is 1. The summed E-state index contributed by atoms with van der Waals surface area (Å²) in [7, 11) is -2.17. The van der Waals surface area contributed by atoms with Crippen LogP contribution in [0.5, 0.6) is 5.75 Å². The zero-order valence-corrected chi connectivity index (χ0v) is 17.0. The highest BCUT2D eigenvalue weighted by molar-refractivity contribution is 9.10. The second-order valence-corrected chi connectivity index (χ2v) is 9.39. The number of anilines is 1. The van der Waals surface area contributed by atoms with Gasteiger partial charge in [-0.1, -0.05) is 11.6 Å². The summed E-state index contributed by atoms with van der Waals surface area (Å²) in [5, 5.41) is -0.105. The summed E-state index contributed by atoms with van der Waals surface area (Å²) < 4.78 is 50.0. The molecule has 2 aliphatic heterocycles. The highest BCUT2D eigenvalue weighted by Gasteiger charge is 2.44. The molecule has 1 aromatic carbocycles. The molecule has 2 aromatic rings. The van der Waals surface area contributed by atoms with Crippen LogP contribution >= 0.6 is 27.5 Å². The topological polar surface area (TPSA) is 81.6 Å². The van der Waals surface area contributed by atoms with E-state index in [0.29, 0.717) is 19.0 Å². The second kappa shape index (κ2) is 6.15. The molecule has 0 aliphatic carbocycles. The number of aromatic nitrogens is 2. The minimum Gasteiger partial charge on any atom is -0.489 e. The number of rotatable bonds is 3. The van der Waals surface area contributed by atoms with Crippen LogP contribution in [0.3, 0.4) is 0 Å². The monoisotopic (exact) mass is 465 g/mol. The first kappa shape index (κ1) is 18.1. The van der Waals surface area contributed by atoms with Crippen molar-refractivity contribution in [3.63, 3.8) is 0 Å². The molecule has 0 spiro atoms. The molecule has 2 aliphatic rings. The molecule has 0 bridgehead atoms. The Hall–Kier alpha value is -1.23. The lowest BCUT2D eigenvalue weighted by molar-refractivity contribution is 0.124. The van der Waals surface area contributed by atoms with E-state index in [1.807, 2.05) is 4.90 Å². The fraction of sp³-hybridized carbons (Fsp3) is 0.467. The molecule has 4 rings (SSSR count). The van der Waals surface area contributed by atoms with Crippen molar-refractivity contribution in [3.8, 4) is 5.75 Å². The summed E-state index contributed by atoms with van der Waals surface area (Å²) in [5.41, 5.74) is -0.148. The van der Waals surface area contributed by atoms with E-state index in [-0.39, 0.29) is 38.2 Å². The quantitative estimate of drug-likeness (QED) is 0.508. The first-order chi connectivity index (χ1) is 12.2. The predicted octanol–water partition coefficient (Wildman–Crippen LogP) is 2.57. The van der Waals surface area contributed by atoms with Crippen molar-refractivity contribution < 1.29 is 22.3 Å². The summed E-state index contributed by atoms with van der Waals surface area (Å²) in [6.45, 7) is 0.746. The van der Waals surface area contributed by atoms with Gasteiger partial charge in [0, 0.05) is 13.4 Å². The number of ether oxygens (including phenoxy) is 2. The molecule has 1 aromatic heterocycles. The van der Waals surface area contributed by atoms with Gasteiger partial charge in [-0.25, -0.2) is 22.8 Å². The standard InChI is InChI=1S/C15H14BrClFN3O4S/c1-24-4-6-3-7-5-25-13-8-12(11(18)9(16)10(13)17)19-15(26(2,22)23)20-14(8)21(6)7/h6-7H,3-5H2,1-2H3. The molecule has 11 heteroatoms. The van der Waals surface area contributed by atoms with Gasteiger partial charge in [0.25, 0.3) is 0 Å². The summed E-state index contributed by atoms with van der Waals surface area (Å²) >= 11 is 9.36. The Morgan fingerprint density at radius 1 is 1.46 bits per heavy atom. The van der Waals surface area contributed by atoms with Crippen LogP contribution < -0.4 is 9.64 Å². The van der Waals surface area contributed by atoms with Crippen molar-refractivity contribution in [3.05, 3.63) is 15.3 Å². The van der Waals surface area contributed by atoms with Gasteiger partial charge in [-0.05, 0) is 22.4 Å². The Kier molecular flexibility index (Phi) is 4.29. The average Bonchev–Trinajstić information content (AvgIpc) is 2.68. The van der Waals surface area contributed by atoms with E-state index < -0.39 is 20.8 Å². The van der Waals surface area contributed by atoms with E-state index in [0.717, 1.165) is 12.7 Å². The van der Waals surface area contributed by atoms with Crippen molar-refractivity contribution in [1.82, 2.24) is 9.97 Å². The molecule has 0 N–H and O–H groups in total. The van der Waals surface area contributed by atoms with Gasteiger partial charge in [0.2, 0.25) is 15.0 Å². The molecule has 7 nitrogen and oxygen atoms in total. The Morgan fingerprint density at radius 2 is 2.19 bits per heavy atom. The van der Waals surface area contributed by atoms with Crippen LogP contribution in [-0.2, 0) is 14.6 Å². The van der Waals surface area contributed by atoms with E-state index >= 15 is 0 Å². The van der Waals surface area contributed by atoms with Gasteiger partial charge in [0.1, 0.15) is 23.0 Å². The third-order valence-electron chi connectivity index (χ3n) is 4.58. The fourth-order valence-electron chi connectivity index (χ4n) is 3.41. The lowest BCUT2D eigenvalue weighted by atomic mass is 9.93. The molecular formula is C15H14BrClFN3O4S. The number of fused-ring (bicyclic) bond motifs is 2. The van der Waals surface area contributed by atoms with Crippen LogP contribution in [0.1, 0.15) is 6.42 Å². The molecule has 1 saturated heterocycles. The lowest BCUT2D eigenvalue weighted by Gasteiger charge is -2.48. The number of hydrogen-bond donors (Lipinski definition) is 0. The molecule has 0 amide bonds. The van der Waals surface area contributed by atoms with Gasteiger partial charge in [0.15, 0.2) is 11.6 Å². The Bertz CT molecular complexity index is 1040. The summed E-state index contributed by atoms with van der Waals surface area (Å²) in [5.74, 6) is -0.210. The van der Waals surface area contributed by atoms with Gasteiger partial charge >= 0.3 is 0 Å². The first-order valence-corrected chi connectivity index (χ1v) is 10.8. The largest absolute Gasteiger partial charge is 0.489 e. The third-order valence-corrected chi connectivity index (χ3v) is 6.75. The van der Waals surface area contributed by atoms with Gasteiger partial charge in [0.05, 0.1) is 28.5 Å². The number of nitrogens with zero attached hydrogens (tertiary/aromatic N) is 3. The number of halogens is 3. The number of benzene rings is 1. The Morgan fingerprint density at radius 3 is 2.85 bits per heavy atom. The summed E-state index contributed by atoms with van der Waals surface area (Å²) in [6.07, 6.45) is 1.76. The third kappa shape index (κ3) is 2.57. The van der Waals surface area contributed by atoms with Crippen molar-refractivity contribution in [1.29, 1.82) is 0 Å². The van der Waals surface area contributed by atoms with E-state index in [1.54, 1.807) is 7.11 Å². The van der Waals surface area contributed by atoms with E-state index in [1.165, 1.54) is 0 Å². The maximum Gasteiger partial charge on any atom is 0.249 e. The number of methoxy groups -OCH3 is 1. The molecule has 3 heterocycles. The predicted molar refractivity (Wildman–Crippen MR) is 97.4 cm³/mol. The summed E-state index contributed by atoms with van der Waals surface area (Å²) in [4.78, 5) is 10.1. The van der Waals surface area contributed by atoms with Crippen LogP contribution in [0.4, 0.5) is 10.2 Å². The molecule has 2 unspecified atom stereocenters. The van der Waals surface area contributed by atoms with Crippen LogP contribution in [0, 0.1) is 5.82 Å². The van der Waals surface area contributed by atoms with Crippen LogP contribution in [-0.4, -0.2) is 57.0 Å². The molecule has 140 valence electrons. The molecule has 26 heavy (non-hydrogen) atoms. The molecule has 2 atom stereocenters. The second-order valence-electron chi connectivity index (χ2n) is 6.31. The Balaban J connectivity index is 2.09. The summed E-state index contributed by atoms with van der Waals surface area (Å²) in [6, 6.07) is -0.0542. The molecule has 0 saturated carbocycles. The van der Waals surface area contributed by atoms with Crippen molar-refractivity contribution in [2.45, 2.75) is 23.7 Å². The normalized spacial score (nSPS) is 21.8. The highest BCUT2D eigenvalue weighted by Crippen LogP contribution is 2.48. The van der Waals surface area contributed by atoms with E-state index in [9.17, 15) is 12.8 Å². The van der Waals surface area contributed by atoms with Crippen LogP contribution in [0.2, 0.25) is 5.02 Å². The zero-order valence-electron chi connectivity index (χ0n) is 13.8. The molecule has 0 radical (unpaired) electrons. The smallest absolute Gasteiger partial charge is 0.249 e.